The van der Waals surface area contributed by atoms with Gasteiger partial charge in [0.25, 0.3) is 5.91 Å². The maximum absolute atomic E-state index is 13.4. The van der Waals surface area contributed by atoms with Gasteiger partial charge >= 0.3 is 0 Å². The van der Waals surface area contributed by atoms with E-state index < -0.39 is 28.6 Å². The van der Waals surface area contributed by atoms with E-state index in [9.17, 15) is 13.6 Å². The summed E-state index contributed by atoms with van der Waals surface area (Å²) in [5, 5.41) is 5.57. The molecule has 0 aliphatic carbocycles. The molecule has 0 atom stereocenters. The Labute approximate surface area is 124 Å². The summed E-state index contributed by atoms with van der Waals surface area (Å²) in [6.07, 6.45) is 5.31. The second-order valence-electron chi connectivity index (χ2n) is 6.41. The van der Waals surface area contributed by atoms with Crippen molar-refractivity contribution in [2.24, 2.45) is 0 Å². The Balaban J connectivity index is 3.24. The van der Waals surface area contributed by atoms with Crippen LogP contribution >= 0.6 is 0 Å². The zero-order valence-corrected chi connectivity index (χ0v) is 12.9. The largest absolute Gasteiger partial charge is 0.380 e. The Kier molecular flexibility index (Phi) is 4.62. The summed E-state index contributed by atoms with van der Waals surface area (Å²) in [5.41, 5.74) is -1.08. The number of carbonyl (C=O) groups excluding carboxylic acids is 1. The molecule has 0 heterocycles. The topological polar surface area (TPSA) is 41.1 Å². The van der Waals surface area contributed by atoms with E-state index in [1.807, 2.05) is 20.8 Å². The second kappa shape index (κ2) is 5.72. The first kappa shape index (κ1) is 17.0. The smallest absolute Gasteiger partial charge is 0.254 e. The predicted molar refractivity (Wildman–Crippen MR) is 80.1 cm³/mol. The average Bonchev–Trinajstić information content (AvgIpc) is 2.31. The molecule has 1 aromatic rings. The standard InChI is InChI=1S/C16H20F2N2O/c1-7-16(5,6)20-14(21)10-8-11(17)12(18)9-13(10)19-15(2,3)4/h1,8-9,19H,2-6H3,(H,20,21). The first-order chi connectivity index (χ1) is 9.45. The van der Waals surface area contributed by atoms with Gasteiger partial charge in [-0.15, -0.1) is 6.42 Å². The maximum atomic E-state index is 13.4. The highest BCUT2D eigenvalue weighted by atomic mass is 19.2. The molecule has 1 amide bonds. The number of terminal acetylenes is 1. The van der Waals surface area contributed by atoms with Crippen molar-refractivity contribution < 1.29 is 13.6 Å². The molecule has 3 nitrogen and oxygen atoms in total. The van der Waals surface area contributed by atoms with Gasteiger partial charge in [0.1, 0.15) is 0 Å². The number of carbonyl (C=O) groups is 1. The fourth-order valence-electron chi connectivity index (χ4n) is 1.63. The third-order valence-corrected chi connectivity index (χ3v) is 2.60. The van der Waals surface area contributed by atoms with Crippen LogP contribution in [0.25, 0.3) is 0 Å². The SMILES string of the molecule is C#CC(C)(C)NC(=O)c1cc(F)c(F)cc1NC(C)(C)C. The fraction of sp³-hybridized carbons (Fsp3) is 0.438. The van der Waals surface area contributed by atoms with Gasteiger partial charge < -0.3 is 10.6 Å². The monoisotopic (exact) mass is 294 g/mol. The van der Waals surface area contributed by atoms with Crippen LogP contribution < -0.4 is 10.6 Å². The molecule has 2 N–H and O–H groups in total. The Bertz CT molecular complexity index is 596. The number of nitrogens with one attached hydrogen (secondary N) is 2. The van der Waals surface area contributed by atoms with E-state index in [-0.39, 0.29) is 11.3 Å². The van der Waals surface area contributed by atoms with E-state index in [2.05, 4.69) is 16.6 Å². The molecule has 1 rings (SSSR count). The summed E-state index contributed by atoms with van der Waals surface area (Å²) in [7, 11) is 0. The molecule has 0 fully saturated rings. The summed E-state index contributed by atoms with van der Waals surface area (Å²) in [6, 6.07) is 1.84. The van der Waals surface area contributed by atoms with Crippen LogP contribution in [0.1, 0.15) is 45.0 Å². The van der Waals surface area contributed by atoms with Gasteiger partial charge in [-0.1, -0.05) is 5.92 Å². The van der Waals surface area contributed by atoms with E-state index in [4.69, 9.17) is 6.42 Å². The van der Waals surface area contributed by atoms with Crippen LogP contribution in [-0.2, 0) is 0 Å². The summed E-state index contributed by atoms with van der Waals surface area (Å²) in [6.45, 7) is 8.83. The molecule has 1 aromatic carbocycles. The van der Waals surface area contributed by atoms with Crippen LogP contribution in [0.4, 0.5) is 14.5 Å². The zero-order valence-electron chi connectivity index (χ0n) is 12.9. The molecule has 0 radical (unpaired) electrons. The van der Waals surface area contributed by atoms with Crippen LogP contribution in [0.5, 0.6) is 0 Å². The molecule has 114 valence electrons. The van der Waals surface area contributed by atoms with Crippen LogP contribution in [0.3, 0.4) is 0 Å². The van der Waals surface area contributed by atoms with Gasteiger partial charge in [0.05, 0.1) is 16.8 Å². The number of anilines is 1. The Morgan fingerprint density at radius 3 is 2.14 bits per heavy atom. The second-order valence-corrected chi connectivity index (χ2v) is 6.41. The molecular formula is C16H20F2N2O. The lowest BCUT2D eigenvalue weighted by molar-refractivity contribution is 0.0930. The fourth-order valence-corrected chi connectivity index (χ4v) is 1.63. The molecule has 5 heteroatoms. The number of amides is 1. The molecule has 0 aliphatic heterocycles. The summed E-state index contributed by atoms with van der Waals surface area (Å²) >= 11 is 0. The summed E-state index contributed by atoms with van der Waals surface area (Å²) in [4.78, 5) is 12.3. The van der Waals surface area contributed by atoms with Gasteiger partial charge in [0.15, 0.2) is 11.6 Å². The number of rotatable bonds is 3. The van der Waals surface area contributed by atoms with Crippen molar-refractivity contribution in [3.05, 3.63) is 29.3 Å². The zero-order chi connectivity index (χ0) is 16.4. The van der Waals surface area contributed by atoms with Gasteiger partial charge in [-0.25, -0.2) is 8.78 Å². The van der Waals surface area contributed by atoms with Crippen molar-refractivity contribution >= 4 is 11.6 Å². The van der Waals surface area contributed by atoms with Crippen molar-refractivity contribution in [1.29, 1.82) is 0 Å². The van der Waals surface area contributed by atoms with Crippen molar-refractivity contribution in [2.45, 2.75) is 45.7 Å². The molecule has 0 saturated carbocycles. The van der Waals surface area contributed by atoms with Gasteiger partial charge in [-0.05, 0) is 40.7 Å². The molecule has 0 saturated heterocycles. The van der Waals surface area contributed by atoms with E-state index in [0.717, 1.165) is 12.1 Å². The normalized spacial score (nSPS) is 11.7. The highest BCUT2D eigenvalue weighted by Crippen LogP contribution is 2.24. The summed E-state index contributed by atoms with van der Waals surface area (Å²) < 4.78 is 26.9. The van der Waals surface area contributed by atoms with E-state index in [1.165, 1.54) is 0 Å². The molecule has 0 spiro atoms. The van der Waals surface area contributed by atoms with Crippen LogP contribution in [-0.4, -0.2) is 17.0 Å². The first-order valence-electron chi connectivity index (χ1n) is 6.53. The van der Waals surface area contributed by atoms with Crippen LogP contribution in [0.2, 0.25) is 0 Å². The van der Waals surface area contributed by atoms with Gasteiger partial charge in [0, 0.05) is 11.6 Å². The number of benzene rings is 1. The molecular weight excluding hydrogens is 274 g/mol. The minimum Gasteiger partial charge on any atom is -0.380 e. The molecule has 0 unspecified atom stereocenters. The van der Waals surface area contributed by atoms with Crippen molar-refractivity contribution in [1.82, 2.24) is 5.32 Å². The highest BCUT2D eigenvalue weighted by Gasteiger charge is 2.23. The third-order valence-electron chi connectivity index (χ3n) is 2.60. The lowest BCUT2D eigenvalue weighted by Crippen LogP contribution is -2.42. The third kappa shape index (κ3) is 4.75. The summed E-state index contributed by atoms with van der Waals surface area (Å²) in [5.74, 6) is -0.255. The molecule has 0 aliphatic rings. The molecule has 0 aromatic heterocycles. The lowest BCUT2D eigenvalue weighted by atomic mass is 10.0. The number of hydrogen-bond acceptors (Lipinski definition) is 2. The van der Waals surface area contributed by atoms with Crippen molar-refractivity contribution in [3.63, 3.8) is 0 Å². The highest BCUT2D eigenvalue weighted by molar-refractivity contribution is 6.00. The van der Waals surface area contributed by atoms with Gasteiger partial charge in [-0.3, -0.25) is 4.79 Å². The predicted octanol–water partition coefficient (Wildman–Crippen LogP) is 3.32. The van der Waals surface area contributed by atoms with Crippen molar-refractivity contribution in [3.8, 4) is 12.3 Å². The van der Waals surface area contributed by atoms with Gasteiger partial charge in [-0.2, -0.15) is 0 Å². The maximum Gasteiger partial charge on any atom is 0.254 e. The van der Waals surface area contributed by atoms with E-state index in [1.54, 1.807) is 13.8 Å². The first-order valence-corrected chi connectivity index (χ1v) is 6.53. The minimum absolute atomic E-state index is 0.00662. The Morgan fingerprint density at radius 2 is 1.67 bits per heavy atom. The average molecular weight is 294 g/mol. The van der Waals surface area contributed by atoms with Crippen LogP contribution in [0.15, 0.2) is 12.1 Å². The molecule has 0 bridgehead atoms. The van der Waals surface area contributed by atoms with Crippen molar-refractivity contribution in [2.75, 3.05) is 5.32 Å². The van der Waals surface area contributed by atoms with E-state index in [0.29, 0.717) is 0 Å². The van der Waals surface area contributed by atoms with Gasteiger partial charge in [0.2, 0.25) is 0 Å². The number of hydrogen-bond donors (Lipinski definition) is 2. The lowest BCUT2D eigenvalue weighted by Gasteiger charge is -2.25. The molecule has 21 heavy (non-hydrogen) atoms. The number of halogens is 2. The Hall–Kier alpha value is -2.09. The van der Waals surface area contributed by atoms with E-state index >= 15 is 0 Å². The van der Waals surface area contributed by atoms with Crippen LogP contribution in [0, 0.1) is 24.0 Å². The minimum atomic E-state index is -1.09. The quantitative estimate of drug-likeness (QED) is 0.840. The Morgan fingerprint density at radius 1 is 1.14 bits per heavy atom.